The second kappa shape index (κ2) is 5.57. The summed E-state index contributed by atoms with van der Waals surface area (Å²) in [5.74, 6) is -1.15. The number of halogens is 2. The van der Waals surface area contributed by atoms with E-state index in [-0.39, 0.29) is 5.56 Å². The molecule has 112 valence electrons. The first-order chi connectivity index (χ1) is 9.75. The average molecular weight is 289 g/mol. The van der Waals surface area contributed by atoms with Crippen LogP contribution in [0.25, 0.3) is 0 Å². The Bertz CT molecular complexity index is 679. The molecule has 0 saturated heterocycles. The van der Waals surface area contributed by atoms with Crippen molar-refractivity contribution < 1.29 is 8.78 Å². The van der Waals surface area contributed by atoms with E-state index in [0.29, 0.717) is 5.56 Å². The van der Waals surface area contributed by atoms with Crippen LogP contribution in [0.3, 0.4) is 0 Å². The van der Waals surface area contributed by atoms with Crippen LogP contribution in [-0.2, 0) is 0 Å². The average Bonchev–Trinajstić information content (AvgIpc) is 2.41. The molecule has 2 aromatic rings. The number of nitrogens with two attached hydrogens (primary N) is 1. The van der Waals surface area contributed by atoms with E-state index >= 15 is 0 Å². The van der Waals surface area contributed by atoms with Gasteiger partial charge in [-0.3, -0.25) is 0 Å². The van der Waals surface area contributed by atoms with E-state index in [4.69, 9.17) is 5.73 Å². The van der Waals surface area contributed by atoms with Crippen LogP contribution in [0.2, 0.25) is 0 Å². The molecule has 0 radical (unpaired) electrons. The lowest BCUT2D eigenvalue weighted by Crippen LogP contribution is -2.19. The molecule has 1 unspecified atom stereocenters. The van der Waals surface area contributed by atoms with Crippen LogP contribution in [-0.4, -0.2) is 0 Å². The van der Waals surface area contributed by atoms with Crippen molar-refractivity contribution in [3.05, 3.63) is 68.8 Å². The predicted octanol–water partition coefficient (Wildman–Crippen LogP) is 4.56. The van der Waals surface area contributed by atoms with Crippen molar-refractivity contribution in [1.29, 1.82) is 0 Å². The van der Waals surface area contributed by atoms with Gasteiger partial charge in [-0.05, 0) is 74.1 Å². The molecule has 1 nitrogen and oxygen atoms in total. The molecule has 0 aromatic heterocycles. The minimum absolute atomic E-state index is 0.0498. The first-order valence-electron chi connectivity index (χ1n) is 7.03. The molecule has 2 rings (SSSR count). The summed E-state index contributed by atoms with van der Waals surface area (Å²) in [6.45, 7) is 9.49. The van der Waals surface area contributed by atoms with Gasteiger partial charge in [0.25, 0.3) is 0 Å². The molecule has 1 atom stereocenters. The van der Waals surface area contributed by atoms with Crippen molar-refractivity contribution in [2.75, 3.05) is 0 Å². The van der Waals surface area contributed by atoms with E-state index < -0.39 is 17.7 Å². The highest BCUT2D eigenvalue weighted by atomic mass is 19.1. The topological polar surface area (TPSA) is 26.0 Å². The van der Waals surface area contributed by atoms with Crippen LogP contribution < -0.4 is 5.73 Å². The summed E-state index contributed by atoms with van der Waals surface area (Å²) in [4.78, 5) is 0. The quantitative estimate of drug-likeness (QED) is 0.862. The maximum absolute atomic E-state index is 14.3. The van der Waals surface area contributed by atoms with Gasteiger partial charge in [0.05, 0.1) is 6.04 Å². The molecule has 0 spiro atoms. The molecule has 0 aliphatic rings. The summed E-state index contributed by atoms with van der Waals surface area (Å²) in [7, 11) is 0. The second-order valence-electron chi connectivity index (χ2n) is 5.74. The highest BCUT2D eigenvalue weighted by Gasteiger charge is 2.23. The van der Waals surface area contributed by atoms with Crippen LogP contribution >= 0.6 is 0 Å². The fourth-order valence-corrected chi connectivity index (χ4v) is 2.82. The lowest BCUT2D eigenvalue weighted by Gasteiger charge is -2.22. The molecular formula is C18H21F2N. The van der Waals surface area contributed by atoms with E-state index in [1.54, 1.807) is 6.92 Å². The van der Waals surface area contributed by atoms with E-state index in [2.05, 4.69) is 6.07 Å². The van der Waals surface area contributed by atoms with Crippen LogP contribution in [0.15, 0.2) is 18.2 Å². The highest BCUT2D eigenvalue weighted by molar-refractivity contribution is 5.49. The molecule has 21 heavy (non-hydrogen) atoms. The van der Waals surface area contributed by atoms with Crippen molar-refractivity contribution in [2.24, 2.45) is 5.73 Å². The van der Waals surface area contributed by atoms with Gasteiger partial charge in [0.15, 0.2) is 0 Å². The van der Waals surface area contributed by atoms with Gasteiger partial charge in [0.1, 0.15) is 11.6 Å². The van der Waals surface area contributed by atoms with Crippen LogP contribution in [0.1, 0.15) is 45.0 Å². The normalized spacial score (nSPS) is 12.6. The van der Waals surface area contributed by atoms with Gasteiger partial charge >= 0.3 is 0 Å². The zero-order valence-electron chi connectivity index (χ0n) is 13.1. The van der Waals surface area contributed by atoms with Crippen molar-refractivity contribution in [3.63, 3.8) is 0 Å². The number of aryl methyl sites for hydroxylation is 3. The summed E-state index contributed by atoms with van der Waals surface area (Å²) < 4.78 is 28.5. The summed E-state index contributed by atoms with van der Waals surface area (Å²) in [6, 6.07) is 3.98. The van der Waals surface area contributed by atoms with Crippen LogP contribution in [0.5, 0.6) is 0 Å². The van der Waals surface area contributed by atoms with Gasteiger partial charge in [0, 0.05) is 5.56 Å². The van der Waals surface area contributed by atoms with E-state index in [1.165, 1.54) is 12.1 Å². The largest absolute Gasteiger partial charge is 0.320 e. The fourth-order valence-electron chi connectivity index (χ4n) is 2.82. The minimum Gasteiger partial charge on any atom is -0.320 e. The zero-order chi connectivity index (χ0) is 15.9. The maximum atomic E-state index is 14.3. The third-order valence-corrected chi connectivity index (χ3v) is 4.37. The Labute approximate surface area is 124 Å². The van der Waals surface area contributed by atoms with Gasteiger partial charge < -0.3 is 5.73 Å². The fraction of sp³-hybridized carbons (Fsp3) is 0.333. The molecule has 0 fully saturated rings. The molecule has 2 aromatic carbocycles. The molecule has 2 N–H and O–H groups in total. The Morgan fingerprint density at radius 2 is 1.33 bits per heavy atom. The molecule has 0 bridgehead atoms. The van der Waals surface area contributed by atoms with Gasteiger partial charge in [-0.2, -0.15) is 0 Å². The van der Waals surface area contributed by atoms with Crippen LogP contribution in [0, 0.1) is 46.3 Å². The molecule has 0 heterocycles. The van der Waals surface area contributed by atoms with Crippen molar-refractivity contribution >= 4 is 0 Å². The summed E-state index contributed by atoms with van der Waals surface area (Å²) in [5, 5.41) is 0. The first kappa shape index (κ1) is 15.6. The first-order valence-corrected chi connectivity index (χ1v) is 7.03. The van der Waals surface area contributed by atoms with Crippen molar-refractivity contribution in [1.82, 2.24) is 0 Å². The predicted molar refractivity (Wildman–Crippen MR) is 82.5 cm³/mol. The lowest BCUT2D eigenvalue weighted by atomic mass is 9.86. The Kier molecular flexibility index (Phi) is 4.15. The summed E-state index contributed by atoms with van der Waals surface area (Å²) >= 11 is 0. The third-order valence-electron chi connectivity index (χ3n) is 4.37. The molecular weight excluding hydrogens is 268 g/mol. The number of hydrogen-bond donors (Lipinski definition) is 1. The van der Waals surface area contributed by atoms with Gasteiger partial charge in [0.2, 0.25) is 0 Å². The van der Waals surface area contributed by atoms with Gasteiger partial charge in [-0.25, -0.2) is 8.78 Å². The molecule has 0 aliphatic heterocycles. The summed E-state index contributed by atoms with van der Waals surface area (Å²) in [6.07, 6.45) is 0. The Hall–Kier alpha value is -1.74. The minimum atomic E-state index is -0.802. The standard InChI is InChI=1S/C18H21F2N/c1-9-6-7-14(19)16(17(9)20)18(21)15-12(4)10(2)8-11(3)13(15)5/h6-8,18H,21H2,1-5H3. The SMILES string of the molecule is Cc1cc(C)c(C)c(C(N)c2c(F)ccc(C)c2F)c1C. The molecule has 0 saturated carbocycles. The Morgan fingerprint density at radius 1 is 0.810 bits per heavy atom. The van der Waals surface area contributed by atoms with Crippen molar-refractivity contribution in [3.8, 4) is 0 Å². The monoisotopic (exact) mass is 289 g/mol. The van der Waals surface area contributed by atoms with Crippen molar-refractivity contribution in [2.45, 2.75) is 40.7 Å². The maximum Gasteiger partial charge on any atom is 0.134 e. The molecule has 0 amide bonds. The van der Waals surface area contributed by atoms with Crippen LogP contribution in [0.4, 0.5) is 8.78 Å². The Morgan fingerprint density at radius 3 is 1.86 bits per heavy atom. The third kappa shape index (κ3) is 2.58. The zero-order valence-corrected chi connectivity index (χ0v) is 13.1. The smallest absolute Gasteiger partial charge is 0.134 e. The lowest BCUT2D eigenvalue weighted by molar-refractivity contribution is 0.537. The molecule has 0 aliphatic carbocycles. The van der Waals surface area contributed by atoms with Gasteiger partial charge in [-0.1, -0.05) is 12.1 Å². The highest BCUT2D eigenvalue weighted by Crippen LogP contribution is 2.33. The second-order valence-corrected chi connectivity index (χ2v) is 5.74. The number of benzene rings is 2. The Balaban J connectivity index is 2.72. The van der Waals surface area contributed by atoms with E-state index in [9.17, 15) is 8.78 Å². The molecule has 3 heteroatoms. The number of rotatable bonds is 2. The number of hydrogen-bond acceptors (Lipinski definition) is 1. The van der Waals surface area contributed by atoms with E-state index in [0.717, 1.165) is 27.8 Å². The summed E-state index contributed by atoms with van der Waals surface area (Å²) in [5.41, 5.74) is 11.6. The van der Waals surface area contributed by atoms with Gasteiger partial charge in [-0.15, -0.1) is 0 Å². The van der Waals surface area contributed by atoms with E-state index in [1.807, 2.05) is 27.7 Å².